The summed E-state index contributed by atoms with van der Waals surface area (Å²) in [5, 5.41) is 6.45. The van der Waals surface area contributed by atoms with Crippen LogP contribution in [0.2, 0.25) is 0 Å². The Morgan fingerprint density at radius 3 is 2.65 bits per heavy atom. The summed E-state index contributed by atoms with van der Waals surface area (Å²) < 4.78 is 0. The number of rotatable bonds is 4. The van der Waals surface area contributed by atoms with Crippen LogP contribution in [0, 0.1) is 17.3 Å². The third-order valence-electron chi connectivity index (χ3n) is 4.13. The molecule has 0 aromatic rings. The van der Waals surface area contributed by atoms with E-state index in [9.17, 15) is 4.79 Å². The summed E-state index contributed by atoms with van der Waals surface area (Å²) in [5.74, 6) is 1.30. The Bertz CT molecular complexity index is 262. The average molecular weight is 261 g/mol. The number of hydrogen-bond acceptors (Lipinski definition) is 2. The molecule has 0 aromatic carbocycles. The molecule has 1 aliphatic carbocycles. The van der Waals surface area contributed by atoms with Crippen molar-refractivity contribution in [3.63, 3.8) is 0 Å². The summed E-state index contributed by atoms with van der Waals surface area (Å²) >= 11 is 0. The van der Waals surface area contributed by atoms with Gasteiger partial charge >= 0.3 is 0 Å². The molecule has 1 atom stereocenters. The lowest BCUT2D eigenvalue weighted by molar-refractivity contribution is -0.123. The maximum Gasteiger partial charge on any atom is 0.223 e. The predicted molar refractivity (Wildman–Crippen MR) is 72.4 cm³/mol. The van der Waals surface area contributed by atoms with Gasteiger partial charge in [0.15, 0.2) is 0 Å². The van der Waals surface area contributed by atoms with Crippen molar-refractivity contribution in [3.05, 3.63) is 0 Å². The lowest BCUT2D eigenvalue weighted by atomic mass is 9.92. The van der Waals surface area contributed by atoms with E-state index in [1.807, 2.05) is 0 Å². The molecule has 1 saturated heterocycles. The van der Waals surface area contributed by atoms with E-state index in [0.717, 1.165) is 32.5 Å². The fourth-order valence-electron chi connectivity index (χ4n) is 2.80. The Morgan fingerprint density at radius 2 is 2.06 bits per heavy atom. The third-order valence-corrected chi connectivity index (χ3v) is 4.13. The quantitative estimate of drug-likeness (QED) is 0.811. The van der Waals surface area contributed by atoms with E-state index in [4.69, 9.17) is 0 Å². The van der Waals surface area contributed by atoms with Crippen LogP contribution < -0.4 is 10.6 Å². The van der Waals surface area contributed by atoms with Crippen LogP contribution in [-0.4, -0.2) is 25.5 Å². The molecular weight excluding hydrogens is 236 g/mol. The summed E-state index contributed by atoms with van der Waals surface area (Å²) in [6.07, 6.45) is 4.60. The topological polar surface area (TPSA) is 41.1 Å². The van der Waals surface area contributed by atoms with E-state index in [2.05, 4.69) is 24.5 Å². The van der Waals surface area contributed by atoms with Gasteiger partial charge in [0.25, 0.3) is 0 Å². The van der Waals surface area contributed by atoms with Gasteiger partial charge < -0.3 is 10.6 Å². The van der Waals surface area contributed by atoms with Gasteiger partial charge in [0.2, 0.25) is 5.91 Å². The van der Waals surface area contributed by atoms with Crippen LogP contribution in [0.15, 0.2) is 0 Å². The zero-order valence-electron chi connectivity index (χ0n) is 10.9. The van der Waals surface area contributed by atoms with Gasteiger partial charge in [0.05, 0.1) is 0 Å². The molecule has 0 radical (unpaired) electrons. The van der Waals surface area contributed by atoms with E-state index in [0.29, 0.717) is 23.2 Å². The molecule has 2 fully saturated rings. The van der Waals surface area contributed by atoms with Crippen molar-refractivity contribution >= 4 is 18.3 Å². The van der Waals surface area contributed by atoms with Gasteiger partial charge in [0, 0.05) is 12.5 Å². The molecule has 1 unspecified atom stereocenters. The molecule has 2 aliphatic rings. The fourth-order valence-corrected chi connectivity index (χ4v) is 2.80. The standard InChI is InChI=1S/C13H24N2O.ClH/c1-10(2)3-6-15-12(16)11-9-13(11)4-7-14-8-5-13;/h10-11,14H,3-9H2,1-2H3,(H,15,16);1H. The Morgan fingerprint density at radius 1 is 1.41 bits per heavy atom. The normalized spacial score (nSPS) is 25.5. The first kappa shape index (κ1) is 14.8. The maximum absolute atomic E-state index is 11.9. The van der Waals surface area contributed by atoms with Crippen LogP contribution >= 0.6 is 12.4 Å². The molecule has 2 rings (SSSR count). The Labute approximate surface area is 111 Å². The monoisotopic (exact) mass is 260 g/mol. The van der Waals surface area contributed by atoms with Crippen molar-refractivity contribution in [2.75, 3.05) is 19.6 Å². The summed E-state index contributed by atoms with van der Waals surface area (Å²) in [4.78, 5) is 11.9. The van der Waals surface area contributed by atoms with Crippen LogP contribution in [0.5, 0.6) is 0 Å². The minimum Gasteiger partial charge on any atom is -0.356 e. The van der Waals surface area contributed by atoms with Gasteiger partial charge in [-0.2, -0.15) is 0 Å². The highest BCUT2D eigenvalue weighted by Gasteiger charge is 2.57. The summed E-state index contributed by atoms with van der Waals surface area (Å²) in [5.41, 5.74) is 0.382. The number of piperidine rings is 1. The second-order valence-electron chi connectivity index (χ2n) is 5.84. The Kier molecular flexibility index (Phi) is 5.26. The fraction of sp³-hybridized carbons (Fsp3) is 0.923. The molecule has 17 heavy (non-hydrogen) atoms. The van der Waals surface area contributed by atoms with E-state index in [1.54, 1.807) is 0 Å². The lowest BCUT2D eigenvalue weighted by Crippen LogP contribution is -2.34. The van der Waals surface area contributed by atoms with E-state index >= 15 is 0 Å². The molecule has 2 N–H and O–H groups in total. The average Bonchev–Trinajstić information content (AvgIpc) is 2.92. The van der Waals surface area contributed by atoms with Crippen molar-refractivity contribution < 1.29 is 4.79 Å². The predicted octanol–water partition coefficient (Wildman–Crippen LogP) is 1.96. The SMILES string of the molecule is CC(C)CCNC(=O)C1CC12CCNCC2.Cl. The second-order valence-corrected chi connectivity index (χ2v) is 5.84. The molecule has 1 amide bonds. The summed E-state index contributed by atoms with van der Waals surface area (Å²) in [7, 11) is 0. The molecule has 1 heterocycles. The van der Waals surface area contributed by atoms with Gasteiger partial charge in [-0.1, -0.05) is 13.8 Å². The first-order chi connectivity index (χ1) is 7.64. The molecule has 1 aliphatic heterocycles. The van der Waals surface area contributed by atoms with Gasteiger partial charge in [-0.3, -0.25) is 4.79 Å². The Hall–Kier alpha value is -0.280. The van der Waals surface area contributed by atoms with Crippen molar-refractivity contribution in [3.8, 4) is 0 Å². The molecule has 1 saturated carbocycles. The van der Waals surface area contributed by atoms with E-state index in [-0.39, 0.29) is 12.4 Å². The smallest absolute Gasteiger partial charge is 0.223 e. The molecule has 3 nitrogen and oxygen atoms in total. The van der Waals surface area contributed by atoms with Gasteiger partial charge in [-0.25, -0.2) is 0 Å². The minimum absolute atomic E-state index is 0. The van der Waals surface area contributed by atoms with Gasteiger partial charge in [-0.15, -0.1) is 12.4 Å². The van der Waals surface area contributed by atoms with Crippen LogP contribution in [0.3, 0.4) is 0 Å². The highest BCUT2D eigenvalue weighted by molar-refractivity contribution is 5.85. The first-order valence-electron chi connectivity index (χ1n) is 6.62. The maximum atomic E-state index is 11.9. The van der Waals surface area contributed by atoms with Crippen LogP contribution in [0.4, 0.5) is 0 Å². The van der Waals surface area contributed by atoms with Gasteiger partial charge in [-0.05, 0) is 50.1 Å². The number of carbonyl (C=O) groups excluding carboxylic acids is 1. The highest BCUT2D eigenvalue weighted by atomic mass is 35.5. The van der Waals surface area contributed by atoms with Crippen molar-refractivity contribution in [1.82, 2.24) is 10.6 Å². The summed E-state index contributed by atoms with van der Waals surface area (Å²) in [6.45, 7) is 7.42. The van der Waals surface area contributed by atoms with Crippen LogP contribution in [0.1, 0.15) is 39.5 Å². The van der Waals surface area contributed by atoms with E-state index in [1.165, 1.54) is 12.8 Å². The van der Waals surface area contributed by atoms with Crippen molar-refractivity contribution in [2.24, 2.45) is 17.3 Å². The summed E-state index contributed by atoms with van der Waals surface area (Å²) in [6, 6.07) is 0. The molecule has 100 valence electrons. The minimum atomic E-state index is 0. The molecule has 1 spiro atoms. The molecule has 4 heteroatoms. The Balaban J connectivity index is 0.00000144. The van der Waals surface area contributed by atoms with Crippen LogP contribution in [-0.2, 0) is 4.79 Å². The largest absolute Gasteiger partial charge is 0.356 e. The molecular formula is C13H25ClN2O. The lowest BCUT2D eigenvalue weighted by Gasteiger charge is -2.23. The first-order valence-corrected chi connectivity index (χ1v) is 6.62. The number of carbonyl (C=O) groups is 1. The van der Waals surface area contributed by atoms with Crippen LogP contribution in [0.25, 0.3) is 0 Å². The van der Waals surface area contributed by atoms with Gasteiger partial charge in [0.1, 0.15) is 0 Å². The highest BCUT2D eigenvalue weighted by Crippen LogP contribution is 2.58. The number of halogens is 1. The van der Waals surface area contributed by atoms with Crippen molar-refractivity contribution in [2.45, 2.75) is 39.5 Å². The number of nitrogens with one attached hydrogen (secondary N) is 2. The third kappa shape index (κ3) is 3.59. The zero-order chi connectivity index (χ0) is 11.6. The second kappa shape index (κ2) is 6.05. The zero-order valence-corrected chi connectivity index (χ0v) is 11.7. The number of hydrogen-bond donors (Lipinski definition) is 2. The molecule has 0 aromatic heterocycles. The molecule has 0 bridgehead atoms. The number of amides is 1. The van der Waals surface area contributed by atoms with E-state index < -0.39 is 0 Å². The van der Waals surface area contributed by atoms with Crippen molar-refractivity contribution in [1.29, 1.82) is 0 Å².